The Morgan fingerprint density at radius 1 is 1.19 bits per heavy atom. The summed E-state index contributed by atoms with van der Waals surface area (Å²) in [6.07, 6.45) is 2.20. The highest BCUT2D eigenvalue weighted by Gasteiger charge is 2.20. The molecule has 0 aliphatic carbocycles. The Morgan fingerprint density at radius 3 is 2.81 bits per heavy atom. The predicted molar refractivity (Wildman–Crippen MR) is 125 cm³/mol. The molecule has 1 aliphatic heterocycles. The first-order valence-electron chi connectivity index (χ1n) is 10.7. The van der Waals surface area contributed by atoms with E-state index in [1.165, 1.54) is 10.4 Å². The zero-order valence-electron chi connectivity index (χ0n) is 18.6. The Kier molecular flexibility index (Phi) is 8.58. The number of methoxy groups -OCH3 is 2. The standard InChI is InChI=1S/C23H32N4O3S/c1-4-24-23(25-11-7-17-5-6-19(29-2)20(15-17)30-3)26-12-8-22(28)27-13-9-21-18(16-27)10-14-31-21/h5-6,10,14-15H,4,7-9,11-13,16H2,1-3H3,(H2,24,25,26). The van der Waals surface area contributed by atoms with Crippen LogP contribution in [0.3, 0.4) is 0 Å². The second kappa shape index (κ2) is 11.6. The Balaban J connectivity index is 1.46. The van der Waals surface area contributed by atoms with Crippen molar-refractivity contribution < 1.29 is 14.3 Å². The highest BCUT2D eigenvalue weighted by atomic mass is 32.1. The molecule has 0 atom stereocenters. The molecule has 3 rings (SSSR count). The predicted octanol–water partition coefficient (Wildman–Crippen LogP) is 2.84. The van der Waals surface area contributed by atoms with Gasteiger partial charge in [-0.05, 0) is 54.5 Å². The zero-order valence-corrected chi connectivity index (χ0v) is 19.4. The van der Waals surface area contributed by atoms with E-state index in [9.17, 15) is 4.79 Å². The summed E-state index contributed by atoms with van der Waals surface area (Å²) in [5, 5.41) is 8.69. The van der Waals surface area contributed by atoms with Crippen LogP contribution < -0.4 is 20.1 Å². The van der Waals surface area contributed by atoms with Crippen LogP contribution in [0.2, 0.25) is 0 Å². The van der Waals surface area contributed by atoms with E-state index in [-0.39, 0.29) is 5.91 Å². The first kappa shape index (κ1) is 22.9. The minimum atomic E-state index is 0.168. The van der Waals surface area contributed by atoms with E-state index < -0.39 is 0 Å². The van der Waals surface area contributed by atoms with Crippen LogP contribution >= 0.6 is 11.3 Å². The molecule has 0 saturated heterocycles. The molecule has 7 nitrogen and oxygen atoms in total. The number of thiophene rings is 1. The van der Waals surface area contributed by atoms with Gasteiger partial charge in [0.2, 0.25) is 5.91 Å². The van der Waals surface area contributed by atoms with Crippen LogP contribution in [0, 0.1) is 0 Å². The number of aliphatic imine (C=N–C) groups is 1. The molecule has 0 bridgehead atoms. The van der Waals surface area contributed by atoms with Gasteiger partial charge in [0.05, 0.1) is 20.8 Å². The number of nitrogens with one attached hydrogen (secondary N) is 2. The third-order valence-corrected chi connectivity index (χ3v) is 6.28. The summed E-state index contributed by atoms with van der Waals surface area (Å²) in [4.78, 5) is 20.5. The van der Waals surface area contributed by atoms with Crippen LogP contribution in [-0.4, -0.2) is 57.2 Å². The smallest absolute Gasteiger partial charge is 0.224 e. The normalized spacial score (nSPS) is 13.5. The summed E-state index contributed by atoms with van der Waals surface area (Å²) in [6.45, 7) is 5.52. The molecule has 0 spiro atoms. The number of amides is 1. The number of benzene rings is 1. The molecule has 0 fully saturated rings. The largest absolute Gasteiger partial charge is 0.493 e. The van der Waals surface area contributed by atoms with Crippen LogP contribution in [0.15, 0.2) is 34.6 Å². The van der Waals surface area contributed by atoms with Crippen molar-refractivity contribution in [2.45, 2.75) is 32.7 Å². The second-order valence-corrected chi connectivity index (χ2v) is 8.31. The van der Waals surface area contributed by atoms with Crippen molar-refractivity contribution in [2.75, 3.05) is 40.4 Å². The van der Waals surface area contributed by atoms with Gasteiger partial charge in [0.1, 0.15) is 0 Å². The number of carbonyl (C=O) groups is 1. The van der Waals surface area contributed by atoms with Gasteiger partial charge in [0, 0.05) is 37.5 Å². The van der Waals surface area contributed by atoms with E-state index in [2.05, 4.69) is 27.1 Å². The molecule has 2 heterocycles. The Labute approximate surface area is 188 Å². The lowest BCUT2D eigenvalue weighted by Crippen LogP contribution is -2.39. The van der Waals surface area contributed by atoms with E-state index in [4.69, 9.17) is 9.47 Å². The Morgan fingerprint density at radius 2 is 2.03 bits per heavy atom. The third-order valence-electron chi connectivity index (χ3n) is 5.25. The van der Waals surface area contributed by atoms with Gasteiger partial charge in [-0.3, -0.25) is 9.79 Å². The van der Waals surface area contributed by atoms with E-state index in [0.29, 0.717) is 13.0 Å². The minimum Gasteiger partial charge on any atom is -0.493 e. The number of ether oxygens (including phenoxy) is 2. The number of hydrogen-bond acceptors (Lipinski definition) is 5. The number of guanidine groups is 1. The van der Waals surface area contributed by atoms with Crippen LogP contribution in [0.1, 0.15) is 29.3 Å². The van der Waals surface area contributed by atoms with Gasteiger partial charge in [0.25, 0.3) is 0 Å². The molecule has 1 aromatic carbocycles. The number of nitrogens with zero attached hydrogens (tertiary/aromatic N) is 2. The molecule has 31 heavy (non-hydrogen) atoms. The van der Waals surface area contributed by atoms with Gasteiger partial charge < -0.3 is 25.0 Å². The van der Waals surface area contributed by atoms with Gasteiger partial charge in [-0.2, -0.15) is 0 Å². The molecular formula is C23H32N4O3S. The maximum Gasteiger partial charge on any atom is 0.224 e. The zero-order chi connectivity index (χ0) is 22.1. The highest BCUT2D eigenvalue weighted by molar-refractivity contribution is 7.10. The summed E-state index contributed by atoms with van der Waals surface area (Å²) in [5.74, 6) is 2.35. The first-order valence-corrected chi connectivity index (χ1v) is 11.6. The van der Waals surface area contributed by atoms with Crippen molar-refractivity contribution in [3.05, 3.63) is 45.6 Å². The fourth-order valence-corrected chi connectivity index (χ4v) is 4.48. The molecule has 0 radical (unpaired) electrons. The average molecular weight is 445 g/mol. The van der Waals surface area contributed by atoms with E-state index >= 15 is 0 Å². The van der Waals surface area contributed by atoms with Crippen LogP contribution in [-0.2, 0) is 24.2 Å². The number of fused-ring (bicyclic) bond motifs is 1. The van der Waals surface area contributed by atoms with Crippen LogP contribution in [0.25, 0.3) is 0 Å². The molecule has 0 unspecified atom stereocenters. The van der Waals surface area contributed by atoms with Gasteiger partial charge in [-0.1, -0.05) is 6.07 Å². The van der Waals surface area contributed by atoms with Gasteiger partial charge in [-0.15, -0.1) is 11.3 Å². The molecule has 2 aromatic rings. The van der Waals surface area contributed by atoms with Crippen LogP contribution in [0.4, 0.5) is 0 Å². The van der Waals surface area contributed by atoms with Crippen molar-refractivity contribution in [1.29, 1.82) is 0 Å². The summed E-state index contributed by atoms with van der Waals surface area (Å²) in [7, 11) is 3.27. The summed E-state index contributed by atoms with van der Waals surface area (Å²) in [6, 6.07) is 8.06. The number of hydrogen-bond donors (Lipinski definition) is 2. The van der Waals surface area contributed by atoms with Crippen molar-refractivity contribution in [1.82, 2.24) is 15.5 Å². The minimum absolute atomic E-state index is 0.168. The quantitative estimate of drug-likeness (QED) is 0.460. The van der Waals surface area contributed by atoms with Gasteiger partial charge in [0.15, 0.2) is 17.5 Å². The molecule has 1 aliphatic rings. The Bertz CT molecular complexity index is 897. The molecule has 1 amide bonds. The molecule has 1 aromatic heterocycles. The maximum absolute atomic E-state index is 12.6. The van der Waals surface area contributed by atoms with Crippen molar-refractivity contribution >= 4 is 23.2 Å². The van der Waals surface area contributed by atoms with E-state index in [0.717, 1.165) is 62.0 Å². The summed E-state index contributed by atoms with van der Waals surface area (Å²) in [5.41, 5.74) is 2.44. The lowest BCUT2D eigenvalue weighted by molar-refractivity contribution is -0.131. The SMILES string of the molecule is CCNC(=NCCC(=O)N1CCc2sccc2C1)NCCc1ccc(OC)c(OC)c1. The highest BCUT2D eigenvalue weighted by Crippen LogP contribution is 2.27. The van der Waals surface area contributed by atoms with E-state index in [1.54, 1.807) is 25.6 Å². The lowest BCUT2D eigenvalue weighted by atomic mass is 10.1. The van der Waals surface area contributed by atoms with Crippen molar-refractivity contribution in [2.24, 2.45) is 4.99 Å². The fraction of sp³-hybridized carbons (Fsp3) is 0.478. The van der Waals surface area contributed by atoms with E-state index in [1.807, 2.05) is 30.0 Å². The third kappa shape index (κ3) is 6.37. The average Bonchev–Trinajstić information content (AvgIpc) is 3.26. The number of carbonyl (C=O) groups excluding carboxylic acids is 1. The molecule has 0 saturated carbocycles. The molecule has 2 N–H and O–H groups in total. The fourth-order valence-electron chi connectivity index (χ4n) is 3.59. The topological polar surface area (TPSA) is 75.2 Å². The lowest BCUT2D eigenvalue weighted by Gasteiger charge is -2.26. The summed E-state index contributed by atoms with van der Waals surface area (Å²) >= 11 is 1.79. The second-order valence-electron chi connectivity index (χ2n) is 7.31. The van der Waals surface area contributed by atoms with Gasteiger partial charge in [-0.25, -0.2) is 0 Å². The van der Waals surface area contributed by atoms with Gasteiger partial charge >= 0.3 is 0 Å². The van der Waals surface area contributed by atoms with Crippen molar-refractivity contribution in [3.8, 4) is 11.5 Å². The maximum atomic E-state index is 12.6. The molecule has 168 valence electrons. The van der Waals surface area contributed by atoms with Crippen LogP contribution in [0.5, 0.6) is 11.5 Å². The monoisotopic (exact) mass is 444 g/mol. The molecule has 8 heteroatoms. The molecular weight excluding hydrogens is 412 g/mol. The van der Waals surface area contributed by atoms with Crippen molar-refractivity contribution in [3.63, 3.8) is 0 Å². The first-order chi connectivity index (χ1) is 15.1. The number of rotatable bonds is 9. The Hall–Kier alpha value is -2.74. The summed E-state index contributed by atoms with van der Waals surface area (Å²) < 4.78 is 10.7.